The van der Waals surface area contributed by atoms with Crippen molar-refractivity contribution in [2.45, 2.75) is 38.5 Å². The van der Waals surface area contributed by atoms with Gasteiger partial charge in [0.15, 0.2) is 0 Å². The molecular formula is C28H31BrN2O5S. The maximum atomic E-state index is 13.4. The number of benzene rings is 3. The Morgan fingerprint density at radius 2 is 1.62 bits per heavy atom. The average Bonchev–Trinajstić information content (AvgIpc) is 2.81. The zero-order valence-corrected chi connectivity index (χ0v) is 23.4. The lowest BCUT2D eigenvalue weighted by Crippen LogP contribution is -2.28. The van der Waals surface area contributed by atoms with Crippen LogP contribution >= 0.6 is 15.9 Å². The number of carbonyl (C=O) groups excluding carboxylic acids is 2. The Balaban J connectivity index is 1.80. The third kappa shape index (κ3) is 8.80. The third-order valence-electron chi connectivity index (χ3n) is 5.89. The molecule has 0 aromatic heterocycles. The lowest BCUT2D eigenvalue weighted by Gasteiger charge is -2.22. The molecule has 0 heterocycles. The van der Waals surface area contributed by atoms with Crippen LogP contribution in [0.1, 0.15) is 53.7 Å². The van der Waals surface area contributed by atoms with Gasteiger partial charge in [-0.1, -0.05) is 79.2 Å². The van der Waals surface area contributed by atoms with Crippen LogP contribution in [0, 0.1) is 0 Å². The molecular weight excluding hydrogens is 556 g/mol. The Labute approximate surface area is 226 Å². The highest BCUT2D eigenvalue weighted by Gasteiger charge is 2.23. The molecule has 3 rings (SSSR count). The number of hydrogen-bond acceptors (Lipinski definition) is 4. The monoisotopic (exact) mass is 586 g/mol. The molecule has 1 unspecified atom stereocenters. The zero-order valence-electron chi connectivity index (χ0n) is 21.0. The summed E-state index contributed by atoms with van der Waals surface area (Å²) in [7, 11) is -4.15. The summed E-state index contributed by atoms with van der Waals surface area (Å²) in [6.07, 6.45) is 0.416. The number of rotatable bonds is 9. The van der Waals surface area contributed by atoms with Gasteiger partial charge < -0.3 is 10.6 Å². The topological polar surface area (TPSA) is 113 Å². The minimum atomic E-state index is -4.15. The van der Waals surface area contributed by atoms with Crippen molar-refractivity contribution in [3.05, 3.63) is 99.5 Å². The Kier molecular flexibility index (Phi) is 9.28. The molecule has 37 heavy (non-hydrogen) atoms. The van der Waals surface area contributed by atoms with E-state index in [1.54, 1.807) is 24.3 Å². The molecule has 0 saturated heterocycles. The predicted octanol–water partition coefficient (Wildman–Crippen LogP) is 5.33. The van der Waals surface area contributed by atoms with Gasteiger partial charge in [0.2, 0.25) is 5.91 Å². The van der Waals surface area contributed by atoms with E-state index in [1.807, 2.05) is 36.4 Å². The highest BCUT2D eigenvalue weighted by Crippen LogP contribution is 2.28. The van der Waals surface area contributed by atoms with Crippen molar-refractivity contribution < 1.29 is 22.6 Å². The highest BCUT2D eigenvalue weighted by atomic mass is 79.9. The van der Waals surface area contributed by atoms with E-state index in [9.17, 15) is 18.0 Å². The van der Waals surface area contributed by atoms with Crippen LogP contribution in [0.4, 0.5) is 5.69 Å². The second-order valence-electron chi connectivity index (χ2n) is 9.87. The molecule has 7 nitrogen and oxygen atoms in total. The molecule has 2 amide bonds. The van der Waals surface area contributed by atoms with Gasteiger partial charge in [0.25, 0.3) is 16.0 Å². The van der Waals surface area contributed by atoms with Gasteiger partial charge in [-0.15, -0.1) is 0 Å². The van der Waals surface area contributed by atoms with E-state index in [0.717, 1.165) is 15.6 Å². The van der Waals surface area contributed by atoms with Crippen molar-refractivity contribution in [1.29, 1.82) is 0 Å². The van der Waals surface area contributed by atoms with Gasteiger partial charge in [0.1, 0.15) is 0 Å². The molecule has 3 aromatic rings. The largest absolute Gasteiger partial charge is 0.351 e. The summed E-state index contributed by atoms with van der Waals surface area (Å²) in [6, 6.07) is 22.3. The number of carbonyl (C=O) groups is 2. The van der Waals surface area contributed by atoms with Crippen molar-refractivity contribution in [2.75, 3.05) is 17.6 Å². The van der Waals surface area contributed by atoms with Gasteiger partial charge in [-0.3, -0.25) is 14.1 Å². The summed E-state index contributed by atoms with van der Waals surface area (Å²) in [5.74, 6) is -1.62. The van der Waals surface area contributed by atoms with Gasteiger partial charge in [-0.25, -0.2) is 0 Å². The van der Waals surface area contributed by atoms with Crippen molar-refractivity contribution in [3.63, 3.8) is 0 Å². The van der Waals surface area contributed by atoms with Crippen LogP contribution in [-0.4, -0.2) is 37.1 Å². The number of amides is 2. The van der Waals surface area contributed by atoms with Gasteiger partial charge in [-0.05, 0) is 58.9 Å². The SMILES string of the molecule is CC(C)(C)c1ccc(C(Cc2ccc(C(=O)NCCS(=O)(=O)O)cc2)C(=O)Nc2cccc(Br)c2)cc1. The molecule has 0 aliphatic rings. The normalized spacial score (nSPS) is 12.6. The quantitative estimate of drug-likeness (QED) is 0.293. The van der Waals surface area contributed by atoms with Crippen molar-refractivity contribution in [3.8, 4) is 0 Å². The predicted molar refractivity (Wildman–Crippen MR) is 150 cm³/mol. The van der Waals surface area contributed by atoms with Crippen LogP contribution in [0.15, 0.2) is 77.3 Å². The van der Waals surface area contributed by atoms with E-state index < -0.39 is 27.7 Å². The van der Waals surface area contributed by atoms with E-state index >= 15 is 0 Å². The molecule has 196 valence electrons. The maximum Gasteiger partial charge on any atom is 0.266 e. The Hall–Kier alpha value is -3.01. The third-order valence-corrected chi connectivity index (χ3v) is 7.10. The highest BCUT2D eigenvalue weighted by molar-refractivity contribution is 9.10. The molecule has 0 radical (unpaired) electrons. The van der Waals surface area contributed by atoms with Crippen LogP contribution < -0.4 is 10.6 Å². The Morgan fingerprint density at radius 3 is 2.19 bits per heavy atom. The molecule has 9 heteroatoms. The van der Waals surface area contributed by atoms with Gasteiger partial charge >= 0.3 is 0 Å². The fraction of sp³-hybridized carbons (Fsp3) is 0.286. The molecule has 1 atom stereocenters. The summed E-state index contributed by atoms with van der Waals surface area (Å²) < 4.78 is 31.3. The maximum absolute atomic E-state index is 13.4. The summed E-state index contributed by atoms with van der Waals surface area (Å²) in [4.78, 5) is 25.7. The van der Waals surface area contributed by atoms with Crippen LogP contribution in [0.25, 0.3) is 0 Å². The van der Waals surface area contributed by atoms with Crippen molar-refractivity contribution >= 4 is 43.5 Å². The zero-order chi connectivity index (χ0) is 27.2. The Morgan fingerprint density at radius 1 is 0.973 bits per heavy atom. The smallest absolute Gasteiger partial charge is 0.266 e. The molecule has 0 spiro atoms. The number of anilines is 1. The van der Waals surface area contributed by atoms with Crippen LogP contribution in [0.2, 0.25) is 0 Å². The molecule has 0 fully saturated rings. The van der Waals surface area contributed by atoms with Crippen LogP contribution in [0.3, 0.4) is 0 Å². The first kappa shape index (κ1) is 28.6. The van der Waals surface area contributed by atoms with Crippen LogP contribution in [-0.2, 0) is 26.7 Å². The fourth-order valence-corrected chi connectivity index (χ4v) is 4.56. The number of nitrogens with one attached hydrogen (secondary N) is 2. The van der Waals surface area contributed by atoms with Gasteiger partial charge in [0.05, 0.1) is 11.7 Å². The summed E-state index contributed by atoms with van der Waals surface area (Å²) in [6.45, 7) is 6.22. The van der Waals surface area contributed by atoms with E-state index in [4.69, 9.17) is 4.55 Å². The van der Waals surface area contributed by atoms with Gasteiger partial charge in [-0.2, -0.15) is 8.42 Å². The number of hydrogen-bond donors (Lipinski definition) is 3. The Bertz CT molecular complexity index is 1350. The lowest BCUT2D eigenvalue weighted by atomic mass is 9.84. The van der Waals surface area contributed by atoms with E-state index in [0.29, 0.717) is 17.7 Å². The first-order valence-electron chi connectivity index (χ1n) is 11.8. The fourth-order valence-electron chi connectivity index (χ4n) is 3.80. The van der Waals surface area contributed by atoms with E-state index in [-0.39, 0.29) is 17.9 Å². The molecule has 0 aliphatic carbocycles. The van der Waals surface area contributed by atoms with Gasteiger partial charge in [0, 0.05) is 22.3 Å². The van der Waals surface area contributed by atoms with Crippen molar-refractivity contribution in [2.24, 2.45) is 0 Å². The minimum absolute atomic E-state index is 0.00956. The first-order valence-corrected chi connectivity index (χ1v) is 14.2. The molecule has 0 aliphatic heterocycles. The van der Waals surface area contributed by atoms with Crippen LogP contribution in [0.5, 0.6) is 0 Å². The summed E-state index contributed by atoms with van der Waals surface area (Å²) in [5, 5.41) is 5.47. The molecule has 3 N–H and O–H groups in total. The standard InChI is InChI=1S/C28H31BrN2O5S/c1-28(2,3)22-13-11-20(12-14-22)25(27(33)31-24-6-4-5-23(29)18-24)17-19-7-9-21(10-8-19)26(32)30-15-16-37(34,35)36/h4-14,18,25H,15-17H2,1-3H3,(H,30,32)(H,31,33)(H,34,35,36). The average molecular weight is 588 g/mol. The lowest BCUT2D eigenvalue weighted by molar-refractivity contribution is -0.117. The van der Waals surface area contributed by atoms with Crippen molar-refractivity contribution in [1.82, 2.24) is 5.32 Å². The van der Waals surface area contributed by atoms with E-state index in [1.165, 1.54) is 5.56 Å². The first-order chi connectivity index (χ1) is 17.3. The molecule has 0 bridgehead atoms. The summed E-state index contributed by atoms with van der Waals surface area (Å²) >= 11 is 3.43. The molecule has 0 saturated carbocycles. The summed E-state index contributed by atoms with van der Waals surface area (Å²) in [5.41, 5.74) is 3.95. The van der Waals surface area contributed by atoms with E-state index in [2.05, 4.69) is 59.5 Å². The number of halogens is 1. The molecule has 3 aromatic carbocycles. The second kappa shape index (κ2) is 12.0. The minimum Gasteiger partial charge on any atom is -0.351 e. The second-order valence-corrected chi connectivity index (χ2v) is 12.4.